The van der Waals surface area contributed by atoms with Gasteiger partial charge in [0, 0.05) is 24.3 Å². The number of rotatable bonds is 6. The highest BCUT2D eigenvalue weighted by Crippen LogP contribution is 2.20. The van der Waals surface area contributed by atoms with Crippen LogP contribution in [0.25, 0.3) is 0 Å². The Bertz CT molecular complexity index is 433. The van der Waals surface area contributed by atoms with Gasteiger partial charge in [-0.25, -0.2) is 0 Å². The fraction of sp³-hybridized carbons (Fsp3) is 0.500. The number of hydrogen-bond acceptors (Lipinski definition) is 4. The highest BCUT2D eigenvalue weighted by Gasteiger charge is 2.10. The van der Waals surface area contributed by atoms with E-state index in [1.54, 1.807) is 18.2 Å². The molecule has 0 aliphatic rings. The lowest BCUT2D eigenvalue weighted by atomic mass is 10.1. The second kappa shape index (κ2) is 6.99. The van der Waals surface area contributed by atoms with E-state index < -0.39 is 0 Å². The summed E-state index contributed by atoms with van der Waals surface area (Å²) in [6, 6.07) is 4.93. The van der Waals surface area contributed by atoms with Crippen molar-refractivity contribution in [3.8, 4) is 5.75 Å². The number of carbonyl (C=O) groups excluding carboxylic acids is 1. The summed E-state index contributed by atoms with van der Waals surface area (Å²) in [6.07, 6.45) is 0. The first-order valence-electron chi connectivity index (χ1n) is 6.41. The molecule has 1 aromatic rings. The highest BCUT2D eigenvalue weighted by molar-refractivity contribution is 5.77. The van der Waals surface area contributed by atoms with Gasteiger partial charge in [-0.1, -0.05) is 13.8 Å². The minimum atomic E-state index is -0.0143. The Hall–Kier alpha value is -1.75. The highest BCUT2D eigenvalue weighted by atomic mass is 16.3. The van der Waals surface area contributed by atoms with Crippen LogP contribution in [0.15, 0.2) is 18.2 Å². The lowest BCUT2D eigenvalue weighted by Crippen LogP contribution is -2.36. The van der Waals surface area contributed by atoms with Crippen molar-refractivity contribution in [3.05, 3.63) is 23.8 Å². The van der Waals surface area contributed by atoms with E-state index in [-0.39, 0.29) is 11.7 Å². The maximum Gasteiger partial charge on any atom is 0.234 e. The average Bonchev–Trinajstić information content (AvgIpc) is 2.31. The van der Waals surface area contributed by atoms with Crippen LogP contribution in [0.2, 0.25) is 0 Å². The third-order valence-corrected chi connectivity index (χ3v) is 2.66. The Balaban J connectivity index is 2.48. The summed E-state index contributed by atoms with van der Waals surface area (Å²) in [5.41, 5.74) is 7.00. The van der Waals surface area contributed by atoms with Gasteiger partial charge < -0.3 is 16.2 Å². The third-order valence-electron chi connectivity index (χ3n) is 2.66. The molecular formula is C14H23N3O2. The Morgan fingerprint density at radius 1 is 1.47 bits per heavy atom. The Morgan fingerprint density at radius 3 is 2.79 bits per heavy atom. The number of aromatic hydroxyl groups is 1. The predicted molar refractivity (Wildman–Crippen MR) is 76.7 cm³/mol. The number of nitrogens with two attached hydrogens (primary N) is 1. The normalized spacial score (nSPS) is 11.0. The molecule has 0 aliphatic heterocycles. The zero-order chi connectivity index (χ0) is 14.4. The standard InChI is InChI=1S/C14H23N3O2/c1-10(2)7-16-14(19)9-17(3)8-11-6-12(15)4-5-13(11)18/h4-6,10,18H,7-9,15H2,1-3H3,(H,16,19). The summed E-state index contributed by atoms with van der Waals surface area (Å²) in [6.45, 7) is 5.55. The lowest BCUT2D eigenvalue weighted by Gasteiger charge is -2.17. The largest absolute Gasteiger partial charge is 0.508 e. The second-order valence-corrected chi connectivity index (χ2v) is 5.26. The van der Waals surface area contributed by atoms with Crippen LogP contribution in [0, 0.1) is 5.92 Å². The summed E-state index contributed by atoms with van der Waals surface area (Å²) in [5, 5.41) is 12.6. The van der Waals surface area contributed by atoms with Crippen LogP contribution in [-0.2, 0) is 11.3 Å². The van der Waals surface area contributed by atoms with Crippen molar-refractivity contribution in [1.82, 2.24) is 10.2 Å². The molecule has 19 heavy (non-hydrogen) atoms. The van der Waals surface area contributed by atoms with E-state index in [2.05, 4.69) is 19.2 Å². The minimum Gasteiger partial charge on any atom is -0.508 e. The molecule has 106 valence electrons. The van der Waals surface area contributed by atoms with Gasteiger partial charge in [-0.3, -0.25) is 9.69 Å². The molecule has 0 aromatic heterocycles. The quantitative estimate of drug-likeness (QED) is 0.533. The van der Waals surface area contributed by atoms with Crippen molar-refractivity contribution in [1.29, 1.82) is 0 Å². The number of hydrogen-bond donors (Lipinski definition) is 3. The first-order valence-corrected chi connectivity index (χ1v) is 6.41. The van der Waals surface area contributed by atoms with Gasteiger partial charge >= 0.3 is 0 Å². The maximum absolute atomic E-state index is 11.7. The van der Waals surface area contributed by atoms with E-state index in [0.717, 1.165) is 5.56 Å². The van der Waals surface area contributed by atoms with E-state index in [4.69, 9.17) is 5.73 Å². The molecule has 0 heterocycles. The number of phenolic OH excluding ortho intramolecular Hbond substituents is 1. The number of carbonyl (C=O) groups is 1. The molecule has 1 aromatic carbocycles. The number of nitrogens with zero attached hydrogens (tertiary/aromatic N) is 1. The Labute approximate surface area is 114 Å². The van der Waals surface area contributed by atoms with Crippen molar-refractivity contribution in [2.75, 3.05) is 25.9 Å². The van der Waals surface area contributed by atoms with Gasteiger partial charge in [-0.2, -0.15) is 0 Å². The minimum absolute atomic E-state index is 0.0143. The van der Waals surface area contributed by atoms with Gasteiger partial charge in [0.25, 0.3) is 0 Å². The zero-order valence-electron chi connectivity index (χ0n) is 11.8. The summed E-state index contributed by atoms with van der Waals surface area (Å²) < 4.78 is 0. The number of nitrogens with one attached hydrogen (secondary N) is 1. The number of anilines is 1. The van der Waals surface area contributed by atoms with Crippen molar-refractivity contribution >= 4 is 11.6 Å². The molecule has 5 nitrogen and oxygen atoms in total. The average molecular weight is 265 g/mol. The van der Waals surface area contributed by atoms with Crippen LogP contribution in [0.4, 0.5) is 5.69 Å². The van der Waals surface area contributed by atoms with Crippen LogP contribution in [0.5, 0.6) is 5.75 Å². The predicted octanol–water partition coefficient (Wildman–Crippen LogP) is 1.18. The topological polar surface area (TPSA) is 78.6 Å². The summed E-state index contributed by atoms with van der Waals surface area (Å²) in [5.74, 6) is 0.621. The number of nitrogen functional groups attached to an aromatic ring is 1. The van der Waals surface area contributed by atoms with Crippen molar-refractivity contribution in [3.63, 3.8) is 0 Å². The Morgan fingerprint density at radius 2 is 2.16 bits per heavy atom. The molecule has 0 spiro atoms. The molecule has 0 unspecified atom stereocenters. The SMILES string of the molecule is CC(C)CNC(=O)CN(C)Cc1cc(N)ccc1O. The smallest absolute Gasteiger partial charge is 0.234 e. The van der Waals surface area contributed by atoms with E-state index in [1.165, 1.54) is 0 Å². The molecule has 0 atom stereocenters. The van der Waals surface area contributed by atoms with E-state index in [1.807, 2.05) is 11.9 Å². The van der Waals surface area contributed by atoms with E-state index >= 15 is 0 Å². The van der Waals surface area contributed by atoms with Gasteiger partial charge in [0.05, 0.1) is 6.54 Å². The summed E-state index contributed by atoms with van der Waals surface area (Å²) >= 11 is 0. The molecule has 0 saturated heterocycles. The van der Waals surface area contributed by atoms with Crippen LogP contribution < -0.4 is 11.1 Å². The van der Waals surface area contributed by atoms with Crippen LogP contribution in [0.3, 0.4) is 0 Å². The third kappa shape index (κ3) is 5.61. The Kier molecular flexibility index (Phi) is 5.63. The van der Waals surface area contributed by atoms with Crippen molar-refractivity contribution in [2.45, 2.75) is 20.4 Å². The summed E-state index contributed by atoms with van der Waals surface area (Å²) in [7, 11) is 1.83. The van der Waals surface area contributed by atoms with Gasteiger partial charge in [-0.15, -0.1) is 0 Å². The molecule has 0 radical (unpaired) electrons. The number of phenols is 1. The van der Waals surface area contributed by atoms with Crippen LogP contribution in [-0.4, -0.2) is 36.1 Å². The maximum atomic E-state index is 11.7. The number of amides is 1. The summed E-state index contributed by atoms with van der Waals surface area (Å²) in [4.78, 5) is 13.5. The fourth-order valence-corrected chi connectivity index (χ4v) is 1.70. The lowest BCUT2D eigenvalue weighted by molar-refractivity contribution is -0.122. The zero-order valence-corrected chi connectivity index (χ0v) is 11.8. The number of likely N-dealkylation sites (N-methyl/N-ethyl adjacent to an activating group) is 1. The number of benzene rings is 1. The fourth-order valence-electron chi connectivity index (χ4n) is 1.70. The van der Waals surface area contributed by atoms with E-state index in [9.17, 15) is 9.90 Å². The molecule has 0 fully saturated rings. The molecule has 0 aliphatic carbocycles. The second-order valence-electron chi connectivity index (χ2n) is 5.26. The molecular weight excluding hydrogens is 242 g/mol. The monoisotopic (exact) mass is 265 g/mol. The van der Waals surface area contributed by atoms with Crippen LogP contribution >= 0.6 is 0 Å². The van der Waals surface area contributed by atoms with Crippen molar-refractivity contribution in [2.24, 2.45) is 5.92 Å². The molecule has 5 heteroatoms. The molecule has 0 saturated carbocycles. The van der Waals surface area contributed by atoms with Gasteiger partial charge in [0.1, 0.15) is 5.75 Å². The molecule has 1 rings (SSSR count). The first-order chi connectivity index (χ1) is 8.88. The van der Waals surface area contributed by atoms with Gasteiger partial charge in [0.15, 0.2) is 0 Å². The molecule has 1 amide bonds. The first kappa shape index (κ1) is 15.3. The van der Waals surface area contributed by atoms with Crippen LogP contribution in [0.1, 0.15) is 19.4 Å². The van der Waals surface area contributed by atoms with Gasteiger partial charge in [-0.05, 0) is 31.2 Å². The van der Waals surface area contributed by atoms with Crippen molar-refractivity contribution < 1.29 is 9.90 Å². The van der Waals surface area contributed by atoms with Gasteiger partial charge in [0.2, 0.25) is 5.91 Å². The van der Waals surface area contributed by atoms with E-state index in [0.29, 0.717) is 31.2 Å². The molecule has 4 N–H and O–H groups in total. The molecule has 0 bridgehead atoms.